The summed E-state index contributed by atoms with van der Waals surface area (Å²) in [5.74, 6) is 0.357. The van der Waals surface area contributed by atoms with Crippen LogP contribution in [0.4, 0.5) is 0 Å². The van der Waals surface area contributed by atoms with Gasteiger partial charge in [0.1, 0.15) is 0 Å². The van der Waals surface area contributed by atoms with Crippen LogP contribution in [0.25, 0.3) is 0 Å². The highest BCUT2D eigenvalue weighted by atomic mass is 16.2. The van der Waals surface area contributed by atoms with E-state index >= 15 is 0 Å². The number of rotatable bonds is 7. The fraction of sp³-hybridized carbons (Fsp3) is 0.562. The molecule has 0 spiro atoms. The molecule has 20 heavy (non-hydrogen) atoms. The average Bonchev–Trinajstić information content (AvgIpc) is 2.35. The number of amides is 1. The van der Waals surface area contributed by atoms with E-state index in [1.807, 2.05) is 32.3 Å². The van der Waals surface area contributed by atoms with E-state index in [1.165, 1.54) is 5.56 Å². The van der Waals surface area contributed by atoms with E-state index in [-0.39, 0.29) is 5.91 Å². The minimum absolute atomic E-state index is 0.0710. The number of hydrogen-bond donors (Lipinski definition) is 2. The molecule has 1 amide bonds. The molecule has 0 aliphatic rings. The van der Waals surface area contributed by atoms with Gasteiger partial charge in [-0.3, -0.25) is 4.79 Å². The predicted molar refractivity (Wildman–Crippen MR) is 83.1 cm³/mol. The Labute approximate surface area is 122 Å². The molecule has 1 unspecified atom stereocenters. The van der Waals surface area contributed by atoms with Gasteiger partial charge in [0.05, 0.1) is 6.04 Å². The van der Waals surface area contributed by atoms with Crippen LogP contribution in [0.2, 0.25) is 0 Å². The molecular formula is C16H27N3O. The Morgan fingerprint density at radius 2 is 1.85 bits per heavy atom. The number of nitrogens with zero attached hydrogens (tertiary/aromatic N) is 1. The first kappa shape index (κ1) is 16.7. The molecule has 0 saturated heterocycles. The summed E-state index contributed by atoms with van der Waals surface area (Å²) < 4.78 is 0. The van der Waals surface area contributed by atoms with Gasteiger partial charge >= 0.3 is 0 Å². The maximum absolute atomic E-state index is 11.9. The van der Waals surface area contributed by atoms with Gasteiger partial charge in [-0.15, -0.1) is 0 Å². The van der Waals surface area contributed by atoms with Crippen LogP contribution in [0.3, 0.4) is 0 Å². The van der Waals surface area contributed by atoms with Crippen molar-refractivity contribution in [3.05, 3.63) is 35.4 Å². The second kappa shape index (κ2) is 8.02. The van der Waals surface area contributed by atoms with Gasteiger partial charge in [0.2, 0.25) is 5.91 Å². The molecular weight excluding hydrogens is 250 g/mol. The molecule has 0 aliphatic heterocycles. The molecule has 0 saturated carbocycles. The zero-order chi connectivity index (χ0) is 15.1. The molecule has 1 rings (SSSR count). The molecule has 1 atom stereocenters. The van der Waals surface area contributed by atoms with Crippen molar-refractivity contribution in [1.82, 2.24) is 10.2 Å². The summed E-state index contributed by atoms with van der Waals surface area (Å²) >= 11 is 0. The van der Waals surface area contributed by atoms with Crippen LogP contribution in [0.15, 0.2) is 24.3 Å². The molecule has 4 nitrogen and oxygen atoms in total. The number of carbonyl (C=O) groups is 1. The summed E-state index contributed by atoms with van der Waals surface area (Å²) in [6.07, 6.45) is 0.713. The molecule has 1 aromatic carbocycles. The Balaban J connectivity index is 2.59. The second-order valence-electron chi connectivity index (χ2n) is 5.96. The fourth-order valence-corrected chi connectivity index (χ4v) is 2.15. The third-order valence-electron chi connectivity index (χ3n) is 3.12. The smallest absolute Gasteiger partial charge is 0.237 e. The van der Waals surface area contributed by atoms with Gasteiger partial charge in [-0.05, 0) is 37.6 Å². The van der Waals surface area contributed by atoms with Gasteiger partial charge in [0.25, 0.3) is 0 Å². The van der Waals surface area contributed by atoms with Gasteiger partial charge in [-0.2, -0.15) is 0 Å². The van der Waals surface area contributed by atoms with Crippen LogP contribution in [0.5, 0.6) is 0 Å². The largest absolute Gasteiger partial charge is 0.351 e. The highest BCUT2D eigenvalue weighted by Gasteiger charge is 2.14. The van der Waals surface area contributed by atoms with Crippen molar-refractivity contribution in [2.45, 2.75) is 39.4 Å². The van der Waals surface area contributed by atoms with Gasteiger partial charge < -0.3 is 16.0 Å². The molecule has 0 aliphatic carbocycles. The third kappa shape index (κ3) is 5.72. The topological polar surface area (TPSA) is 58.4 Å². The van der Waals surface area contributed by atoms with Crippen molar-refractivity contribution in [3.8, 4) is 0 Å². The summed E-state index contributed by atoms with van der Waals surface area (Å²) in [7, 11) is 4.07. The maximum atomic E-state index is 11.9. The van der Waals surface area contributed by atoms with Crippen LogP contribution in [0, 0.1) is 5.92 Å². The number of hydrogen-bond acceptors (Lipinski definition) is 3. The first-order valence-electron chi connectivity index (χ1n) is 7.15. The monoisotopic (exact) mass is 277 g/mol. The lowest BCUT2D eigenvalue weighted by Gasteiger charge is -2.17. The number of benzene rings is 1. The van der Waals surface area contributed by atoms with E-state index in [9.17, 15) is 4.79 Å². The predicted octanol–water partition coefficient (Wildman–Crippen LogP) is 1.74. The van der Waals surface area contributed by atoms with Crippen molar-refractivity contribution in [2.24, 2.45) is 11.7 Å². The minimum Gasteiger partial charge on any atom is -0.351 e. The highest BCUT2D eigenvalue weighted by Crippen LogP contribution is 2.10. The van der Waals surface area contributed by atoms with Crippen molar-refractivity contribution in [3.63, 3.8) is 0 Å². The normalized spacial score (nSPS) is 12.8. The standard InChI is InChI=1S/C16H27N3O/c1-12(2)9-15(17)16(20)18-10-13-7-5-6-8-14(13)11-19(3)4/h5-8,12,15H,9-11,17H2,1-4H3,(H,18,20). The SMILES string of the molecule is CC(C)CC(N)C(=O)NCc1ccccc1CN(C)C. The summed E-state index contributed by atoms with van der Waals surface area (Å²) in [5, 5.41) is 2.94. The van der Waals surface area contributed by atoms with E-state index in [2.05, 4.69) is 30.1 Å². The van der Waals surface area contributed by atoms with Crippen LogP contribution in [0.1, 0.15) is 31.4 Å². The maximum Gasteiger partial charge on any atom is 0.237 e. The first-order chi connectivity index (χ1) is 9.40. The lowest BCUT2D eigenvalue weighted by atomic mass is 10.0. The van der Waals surface area contributed by atoms with Gasteiger partial charge in [0.15, 0.2) is 0 Å². The summed E-state index contributed by atoms with van der Waals surface area (Å²) in [6.45, 7) is 5.54. The van der Waals surface area contributed by atoms with E-state index in [4.69, 9.17) is 5.73 Å². The van der Waals surface area contributed by atoms with Crippen LogP contribution < -0.4 is 11.1 Å². The highest BCUT2D eigenvalue weighted by molar-refractivity contribution is 5.81. The number of nitrogens with two attached hydrogens (primary N) is 1. The third-order valence-corrected chi connectivity index (χ3v) is 3.12. The lowest BCUT2D eigenvalue weighted by Crippen LogP contribution is -2.41. The summed E-state index contributed by atoms with van der Waals surface area (Å²) in [5.41, 5.74) is 8.26. The summed E-state index contributed by atoms with van der Waals surface area (Å²) in [6, 6.07) is 7.74. The molecule has 1 aromatic rings. The van der Waals surface area contributed by atoms with Crippen molar-refractivity contribution in [2.75, 3.05) is 14.1 Å². The molecule has 0 aromatic heterocycles. The van der Waals surface area contributed by atoms with Crippen LogP contribution >= 0.6 is 0 Å². The zero-order valence-electron chi connectivity index (χ0n) is 13.0. The van der Waals surface area contributed by atoms with Crippen LogP contribution in [-0.2, 0) is 17.9 Å². The Bertz CT molecular complexity index is 429. The molecule has 0 heterocycles. The Morgan fingerprint density at radius 3 is 2.40 bits per heavy atom. The van der Waals surface area contributed by atoms with Gasteiger partial charge in [0, 0.05) is 13.1 Å². The molecule has 0 fully saturated rings. The molecule has 0 radical (unpaired) electrons. The summed E-state index contributed by atoms with van der Waals surface area (Å²) in [4.78, 5) is 14.1. The van der Waals surface area contributed by atoms with E-state index < -0.39 is 6.04 Å². The average molecular weight is 277 g/mol. The molecule has 4 heteroatoms. The van der Waals surface area contributed by atoms with Gasteiger partial charge in [-0.25, -0.2) is 0 Å². The Kier molecular flexibility index (Phi) is 6.68. The molecule has 0 bridgehead atoms. The van der Waals surface area contributed by atoms with Gasteiger partial charge in [-0.1, -0.05) is 38.1 Å². The van der Waals surface area contributed by atoms with E-state index in [1.54, 1.807) is 0 Å². The fourth-order valence-electron chi connectivity index (χ4n) is 2.15. The Morgan fingerprint density at radius 1 is 1.25 bits per heavy atom. The van der Waals surface area contributed by atoms with Crippen LogP contribution in [-0.4, -0.2) is 30.9 Å². The number of nitrogens with one attached hydrogen (secondary N) is 1. The number of carbonyl (C=O) groups excluding carboxylic acids is 1. The Hall–Kier alpha value is -1.39. The van der Waals surface area contributed by atoms with E-state index in [0.717, 1.165) is 12.1 Å². The van der Waals surface area contributed by atoms with Crippen molar-refractivity contribution in [1.29, 1.82) is 0 Å². The second-order valence-corrected chi connectivity index (χ2v) is 5.96. The quantitative estimate of drug-likeness (QED) is 0.798. The van der Waals surface area contributed by atoms with E-state index in [0.29, 0.717) is 18.9 Å². The zero-order valence-corrected chi connectivity index (χ0v) is 13.0. The molecule has 112 valence electrons. The first-order valence-corrected chi connectivity index (χ1v) is 7.15. The lowest BCUT2D eigenvalue weighted by molar-refractivity contribution is -0.122. The van der Waals surface area contributed by atoms with Crippen molar-refractivity contribution < 1.29 is 4.79 Å². The minimum atomic E-state index is -0.420. The molecule has 3 N–H and O–H groups in total. The van der Waals surface area contributed by atoms with Crippen molar-refractivity contribution >= 4 is 5.91 Å².